The van der Waals surface area contributed by atoms with Crippen LogP contribution in [0.25, 0.3) is 0 Å². The lowest BCUT2D eigenvalue weighted by atomic mass is 9.89. The van der Waals surface area contributed by atoms with Gasteiger partial charge in [0.05, 0.1) is 24.8 Å². The van der Waals surface area contributed by atoms with Gasteiger partial charge < -0.3 is 10.2 Å². The Morgan fingerprint density at radius 2 is 1.95 bits per heavy atom. The molecule has 2 fully saturated rings. The molecule has 0 radical (unpaired) electrons. The molecule has 1 aromatic heterocycles. The van der Waals surface area contributed by atoms with Crippen LogP contribution in [0.5, 0.6) is 0 Å². The number of hydrogen-bond donors (Lipinski definition) is 1. The highest BCUT2D eigenvalue weighted by atomic mass is 19.1. The van der Waals surface area contributed by atoms with Crippen LogP contribution in [-0.2, 0) is 6.42 Å². The Balaban J connectivity index is 1.63. The van der Waals surface area contributed by atoms with Crippen molar-refractivity contribution >= 4 is 11.7 Å². The van der Waals surface area contributed by atoms with Gasteiger partial charge in [-0.25, -0.2) is 14.8 Å². The number of piperidine rings is 1. The quantitative estimate of drug-likeness (QED) is 0.929. The molecule has 120 valence electrons. The topological polar surface area (TPSA) is 58.1 Å². The second-order valence-corrected chi connectivity index (χ2v) is 6.28. The lowest BCUT2D eigenvalue weighted by Gasteiger charge is -2.38. The molecule has 2 saturated heterocycles. The van der Waals surface area contributed by atoms with Crippen LogP contribution in [0.4, 0.5) is 14.9 Å². The molecule has 22 heavy (non-hydrogen) atoms. The Morgan fingerprint density at radius 1 is 1.32 bits per heavy atom. The maximum atomic E-state index is 12.6. The van der Waals surface area contributed by atoms with Gasteiger partial charge in [-0.05, 0) is 38.0 Å². The van der Waals surface area contributed by atoms with Crippen LogP contribution in [0.2, 0.25) is 0 Å². The number of anilines is 1. The number of aryl methyl sites for hydroxylation is 1. The molecule has 1 aromatic rings. The molecule has 2 amide bonds. The number of fused-ring (bicyclic) bond motifs is 2. The van der Waals surface area contributed by atoms with Crippen molar-refractivity contribution in [2.24, 2.45) is 5.92 Å². The lowest BCUT2D eigenvalue weighted by molar-refractivity contribution is 0.125. The fraction of sp³-hybridized carbons (Fsp3) is 0.688. The van der Waals surface area contributed by atoms with E-state index >= 15 is 0 Å². The summed E-state index contributed by atoms with van der Waals surface area (Å²) in [5.41, 5.74) is 0.632. The zero-order chi connectivity index (χ0) is 15.5. The van der Waals surface area contributed by atoms with Crippen LogP contribution >= 0.6 is 0 Å². The first kappa shape index (κ1) is 15.2. The minimum atomic E-state index is -0.253. The number of nitrogens with one attached hydrogen (secondary N) is 1. The highest BCUT2D eigenvalue weighted by Gasteiger charge is 2.43. The molecule has 6 heteroatoms. The Morgan fingerprint density at radius 3 is 2.50 bits per heavy atom. The highest BCUT2D eigenvalue weighted by Crippen LogP contribution is 2.40. The van der Waals surface area contributed by atoms with Crippen LogP contribution in [0, 0.1) is 5.92 Å². The molecular weight excluding hydrogens is 283 g/mol. The molecule has 0 aromatic carbocycles. The Kier molecular flexibility index (Phi) is 4.55. The zero-order valence-corrected chi connectivity index (χ0v) is 13.0. The van der Waals surface area contributed by atoms with Crippen LogP contribution in [0.15, 0.2) is 12.4 Å². The average Bonchev–Trinajstić information content (AvgIpc) is 2.80. The minimum Gasteiger partial charge on any atom is -0.319 e. The Bertz CT molecular complexity index is 507. The summed E-state index contributed by atoms with van der Waals surface area (Å²) in [6, 6.07) is 0.441. The largest absolute Gasteiger partial charge is 0.322 e. The number of aromatic nitrogens is 2. The van der Waals surface area contributed by atoms with Gasteiger partial charge in [-0.3, -0.25) is 4.39 Å². The third-order valence-electron chi connectivity index (χ3n) is 4.86. The van der Waals surface area contributed by atoms with E-state index in [1.54, 1.807) is 12.4 Å². The SMILES string of the molecule is CCc1ncc(NC(=O)N2C3CCC2CC(CCF)C3)cn1. The van der Waals surface area contributed by atoms with E-state index in [-0.39, 0.29) is 24.8 Å². The summed E-state index contributed by atoms with van der Waals surface area (Å²) in [4.78, 5) is 22.9. The summed E-state index contributed by atoms with van der Waals surface area (Å²) in [5.74, 6) is 1.20. The normalized spacial score (nSPS) is 27.0. The minimum absolute atomic E-state index is 0.0703. The van der Waals surface area contributed by atoms with E-state index in [0.717, 1.165) is 37.9 Å². The fourth-order valence-corrected chi connectivity index (χ4v) is 3.80. The molecule has 0 spiro atoms. The summed E-state index contributed by atoms with van der Waals surface area (Å²) in [7, 11) is 0. The highest BCUT2D eigenvalue weighted by molar-refractivity contribution is 5.89. The van der Waals surface area contributed by atoms with E-state index in [9.17, 15) is 9.18 Å². The number of halogens is 1. The van der Waals surface area contributed by atoms with Crippen LogP contribution in [0.3, 0.4) is 0 Å². The molecule has 0 saturated carbocycles. The van der Waals surface area contributed by atoms with Gasteiger partial charge in [-0.2, -0.15) is 0 Å². The molecule has 2 aliphatic rings. The molecule has 2 unspecified atom stereocenters. The second-order valence-electron chi connectivity index (χ2n) is 6.28. The monoisotopic (exact) mass is 306 g/mol. The first-order chi connectivity index (χ1) is 10.7. The first-order valence-electron chi connectivity index (χ1n) is 8.17. The van der Waals surface area contributed by atoms with Crippen LogP contribution < -0.4 is 5.32 Å². The summed E-state index contributed by atoms with van der Waals surface area (Å²) in [5, 5.41) is 2.90. The van der Waals surface area contributed by atoms with Crippen molar-refractivity contribution < 1.29 is 9.18 Å². The maximum Gasteiger partial charge on any atom is 0.322 e. The zero-order valence-electron chi connectivity index (χ0n) is 13.0. The molecule has 2 bridgehead atoms. The van der Waals surface area contributed by atoms with Crippen molar-refractivity contribution in [3.05, 3.63) is 18.2 Å². The number of nitrogens with zero attached hydrogens (tertiary/aromatic N) is 3. The van der Waals surface area contributed by atoms with Gasteiger partial charge in [-0.15, -0.1) is 0 Å². The standard InChI is InChI=1S/C16H23FN4O/c1-2-15-18-9-12(10-19-15)20-16(22)21-13-3-4-14(21)8-11(7-13)5-6-17/h9-11,13-14H,2-8H2,1H3,(H,20,22). The lowest BCUT2D eigenvalue weighted by Crippen LogP contribution is -2.48. The van der Waals surface area contributed by atoms with E-state index in [1.165, 1.54) is 0 Å². The van der Waals surface area contributed by atoms with Crippen LogP contribution in [0.1, 0.15) is 44.9 Å². The molecule has 3 heterocycles. The molecule has 0 aliphatic carbocycles. The van der Waals surface area contributed by atoms with Crippen LogP contribution in [-0.4, -0.2) is 39.7 Å². The molecule has 1 N–H and O–H groups in total. The van der Waals surface area contributed by atoms with E-state index < -0.39 is 0 Å². The van der Waals surface area contributed by atoms with Crippen molar-refractivity contribution in [1.29, 1.82) is 0 Å². The molecule has 2 atom stereocenters. The number of hydrogen-bond acceptors (Lipinski definition) is 3. The Hall–Kier alpha value is -1.72. The molecule has 2 aliphatic heterocycles. The molecule has 5 nitrogen and oxygen atoms in total. The predicted octanol–water partition coefficient (Wildman–Crippen LogP) is 3.17. The summed E-state index contributed by atoms with van der Waals surface area (Å²) in [6.45, 7) is 1.74. The van der Waals surface area contributed by atoms with Gasteiger partial charge in [0.25, 0.3) is 0 Å². The van der Waals surface area contributed by atoms with Gasteiger partial charge in [0, 0.05) is 18.5 Å². The first-order valence-corrected chi connectivity index (χ1v) is 8.17. The van der Waals surface area contributed by atoms with Crippen molar-refractivity contribution in [3.63, 3.8) is 0 Å². The number of urea groups is 1. The Labute approximate surface area is 130 Å². The van der Waals surface area contributed by atoms with Crippen molar-refractivity contribution in [3.8, 4) is 0 Å². The van der Waals surface area contributed by atoms with E-state index in [4.69, 9.17) is 0 Å². The number of amides is 2. The van der Waals surface area contributed by atoms with E-state index in [2.05, 4.69) is 15.3 Å². The number of rotatable bonds is 4. The van der Waals surface area contributed by atoms with Crippen molar-refractivity contribution in [2.45, 2.75) is 57.5 Å². The van der Waals surface area contributed by atoms with Gasteiger partial charge in [-0.1, -0.05) is 6.92 Å². The van der Waals surface area contributed by atoms with Crippen molar-refractivity contribution in [1.82, 2.24) is 14.9 Å². The second kappa shape index (κ2) is 6.58. The smallest absolute Gasteiger partial charge is 0.319 e. The molecular formula is C16H23FN4O. The van der Waals surface area contributed by atoms with E-state index in [1.807, 2.05) is 11.8 Å². The summed E-state index contributed by atoms with van der Waals surface area (Å²) >= 11 is 0. The van der Waals surface area contributed by atoms with Crippen molar-refractivity contribution in [2.75, 3.05) is 12.0 Å². The third-order valence-corrected chi connectivity index (χ3v) is 4.86. The van der Waals surface area contributed by atoms with Gasteiger partial charge >= 0.3 is 6.03 Å². The number of carbonyl (C=O) groups is 1. The third kappa shape index (κ3) is 3.05. The van der Waals surface area contributed by atoms with Gasteiger partial charge in [0.15, 0.2) is 0 Å². The summed E-state index contributed by atoms with van der Waals surface area (Å²) < 4.78 is 12.6. The average molecular weight is 306 g/mol. The molecule has 3 rings (SSSR count). The van der Waals surface area contributed by atoms with Gasteiger partial charge in [0.2, 0.25) is 0 Å². The van der Waals surface area contributed by atoms with E-state index in [0.29, 0.717) is 18.0 Å². The van der Waals surface area contributed by atoms with Gasteiger partial charge in [0.1, 0.15) is 5.82 Å². The fourth-order valence-electron chi connectivity index (χ4n) is 3.80. The maximum absolute atomic E-state index is 12.6. The summed E-state index contributed by atoms with van der Waals surface area (Å²) in [6.07, 6.45) is 8.65. The number of carbonyl (C=O) groups excluding carboxylic acids is 1. The number of alkyl halides is 1. The predicted molar refractivity (Wildman–Crippen MR) is 82.4 cm³/mol.